The van der Waals surface area contributed by atoms with Crippen molar-refractivity contribution < 1.29 is 4.42 Å². The molecule has 0 saturated heterocycles. The Morgan fingerprint density at radius 3 is 2.46 bits per heavy atom. The first-order chi connectivity index (χ1) is 12.6. The van der Waals surface area contributed by atoms with Crippen LogP contribution in [0.1, 0.15) is 40.7 Å². The van der Waals surface area contributed by atoms with Crippen molar-refractivity contribution >= 4 is 17.2 Å². The highest BCUT2D eigenvalue weighted by Gasteiger charge is 2.20. The van der Waals surface area contributed by atoms with Gasteiger partial charge in [0.15, 0.2) is 11.6 Å². The Morgan fingerprint density at radius 1 is 0.962 bits per heavy atom. The van der Waals surface area contributed by atoms with Crippen LogP contribution in [0.25, 0.3) is 0 Å². The van der Waals surface area contributed by atoms with Gasteiger partial charge in [-0.25, -0.2) is 4.99 Å². The monoisotopic (exact) mass is 343 g/mol. The van der Waals surface area contributed by atoms with Crippen molar-refractivity contribution in [3.05, 3.63) is 88.4 Å². The van der Waals surface area contributed by atoms with Crippen LogP contribution in [0, 0.1) is 13.8 Å². The second kappa shape index (κ2) is 6.64. The molecule has 2 heterocycles. The van der Waals surface area contributed by atoms with E-state index in [-0.39, 0.29) is 0 Å². The number of nitrogens with one attached hydrogen (secondary N) is 1. The van der Waals surface area contributed by atoms with Crippen molar-refractivity contribution in [2.24, 2.45) is 10.1 Å². The highest BCUT2D eigenvalue weighted by molar-refractivity contribution is 6.16. The van der Waals surface area contributed by atoms with Crippen LogP contribution in [-0.2, 0) is 6.42 Å². The molecule has 1 aliphatic heterocycles. The molecule has 0 fully saturated rings. The molecule has 3 aromatic rings. The van der Waals surface area contributed by atoms with Gasteiger partial charge in [-0.15, -0.1) is 0 Å². The molecule has 1 N–H and O–H groups in total. The van der Waals surface area contributed by atoms with E-state index in [1.807, 2.05) is 19.1 Å². The first-order valence-electron chi connectivity index (χ1n) is 8.83. The van der Waals surface area contributed by atoms with E-state index in [2.05, 4.69) is 66.8 Å². The molecule has 1 aliphatic rings. The number of rotatable bonds is 3. The summed E-state index contributed by atoms with van der Waals surface area (Å²) in [6, 6.07) is 18.5. The molecule has 0 amide bonds. The van der Waals surface area contributed by atoms with Crippen LogP contribution in [0.4, 0.5) is 5.69 Å². The summed E-state index contributed by atoms with van der Waals surface area (Å²) >= 11 is 0. The number of aliphatic imine (C=N–C) groups is 1. The second-order valence-electron chi connectivity index (χ2n) is 6.51. The minimum absolute atomic E-state index is 0.730. The molecule has 0 bridgehead atoms. The van der Waals surface area contributed by atoms with E-state index < -0.39 is 0 Å². The van der Waals surface area contributed by atoms with Crippen molar-refractivity contribution in [2.75, 3.05) is 0 Å². The van der Waals surface area contributed by atoms with Crippen LogP contribution >= 0.6 is 0 Å². The maximum Gasteiger partial charge on any atom is 0.155 e. The molecule has 26 heavy (non-hydrogen) atoms. The van der Waals surface area contributed by atoms with Crippen molar-refractivity contribution in [2.45, 2.75) is 27.2 Å². The fourth-order valence-electron chi connectivity index (χ4n) is 2.99. The zero-order valence-electron chi connectivity index (χ0n) is 15.2. The van der Waals surface area contributed by atoms with Gasteiger partial charge in [-0.3, -0.25) is 5.43 Å². The van der Waals surface area contributed by atoms with Gasteiger partial charge in [0.05, 0.1) is 5.69 Å². The number of furan rings is 1. The summed E-state index contributed by atoms with van der Waals surface area (Å²) in [6.07, 6.45) is 0.958. The lowest BCUT2D eigenvalue weighted by atomic mass is 10.0. The first kappa shape index (κ1) is 16.3. The van der Waals surface area contributed by atoms with Gasteiger partial charge in [-0.2, -0.15) is 5.10 Å². The summed E-state index contributed by atoms with van der Waals surface area (Å²) in [4.78, 5) is 4.85. The van der Waals surface area contributed by atoms with Gasteiger partial charge in [-0.05, 0) is 50.1 Å². The quantitative estimate of drug-likeness (QED) is 0.736. The molecular weight excluding hydrogens is 322 g/mol. The van der Waals surface area contributed by atoms with Crippen LogP contribution in [-0.4, -0.2) is 11.5 Å². The highest BCUT2D eigenvalue weighted by atomic mass is 16.3. The van der Waals surface area contributed by atoms with Crippen LogP contribution in [0.3, 0.4) is 0 Å². The van der Waals surface area contributed by atoms with E-state index in [4.69, 9.17) is 9.41 Å². The molecule has 130 valence electrons. The maximum absolute atomic E-state index is 5.84. The summed E-state index contributed by atoms with van der Waals surface area (Å²) in [7, 11) is 0. The van der Waals surface area contributed by atoms with Crippen molar-refractivity contribution in [1.29, 1.82) is 0 Å². The smallest absolute Gasteiger partial charge is 0.155 e. The first-order valence-corrected chi connectivity index (χ1v) is 8.83. The third kappa shape index (κ3) is 3.06. The van der Waals surface area contributed by atoms with E-state index in [1.54, 1.807) is 0 Å². The fraction of sp³-hybridized carbons (Fsp3) is 0.182. The standard InChI is InChI=1S/C22H21N3O/c1-4-16-8-11-19-18(13-16)21(20-12-7-15(3)26-20)24-25-22(23-19)17-9-5-14(2)6-10-17/h5-13H,4H2,1-3H3,(H,23,25). The Hall–Kier alpha value is -3.14. The minimum atomic E-state index is 0.730. The number of aryl methyl sites for hydroxylation is 3. The lowest BCUT2D eigenvalue weighted by molar-refractivity contribution is 0.525. The molecule has 4 heteroatoms. The van der Waals surface area contributed by atoms with E-state index >= 15 is 0 Å². The summed E-state index contributed by atoms with van der Waals surface area (Å²) in [5.74, 6) is 2.33. The van der Waals surface area contributed by atoms with Gasteiger partial charge in [0.2, 0.25) is 0 Å². The predicted octanol–water partition coefficient (Wildman–Crippen LogP) is 4.89. The summed E-state index contributed by atoms with van der Waals surface area (Å²) in [5, 5.41) is 4.65. The zero-order valence-corrected chi connectivity index (χ0v) is 15.2. The molecule has 4 rings (SSSR count). The number of hydrogen-bond donors (Lipinski definition) is 1. The van der Waals surface area contributed by atoms with E-state index in [0.29, 0.717) is 0 Å². The van der Waals surface area contributed by atoms with Gasteiger partial charge in [-0.1, -0.05) is 42.8 Å². The van der Waals surface area contributed by atoms with Gasteiger partial charge in [0.25, 0.3) is 0 Å². The summed E-state index contributed by atoms with van der Waals surface area (Å²) < 4.78 is 5.84. The molecule has 0 saturated carbocycles. The third-order valence-electron chi connectivity index (χ3n) is 4.53. The Morgan fingerprint density at radius 2 is 1.77 bits per heavy atom. The van der Waals surface area contributed by atoms with Gasteiger partial charge in [0.1, 0.15) is 11.5 Å². The average Bonchev–Trinajstić information content (AvgIpc) is 2.99. The van der Waals surface area contributed by atoms with Crippen LogP contribution in [0.5, 0.6) is 0 Å². The topological polar surface area (TPSA) is 49.9 Å². The number of nitrogens with zero attached hydrogens (tertiary/aromatic N) is 2. The van der Waals surface area contributed by atoms with E-state index in [0.717, 1.165) is 46.3 Å². The van der Waals surface area contributed by atoms with Gasteiger partial charge < -0.3 is 4.42 Å². The lowest BCUT2D eigenvalue weighted by Gasteiger charge is -2.07. The molecule has 1 aromatic heterocycles. The normalized spacial score (nSPS) is 13.3. The molecule has 4 nitrogen and oxygen atoms in total. The Bertz CT molecular complexity index is 1010. The number of amidine groups is 1. The molecule has 0 atom stereocenters. The van der Waals surface area contributed by atoms with Gasteiger partial charge >= 0.3 is 0 Å². The van der Waals surface area contributed by atoms with Crippen LogP contribution < -0.4 is 5.43 Å². The Labute approximate surface area is 153 Å². The maximum atomic E-state index is 5.84. The highest BCUT2D eigenvalue weighted by Crippen LogP contribution is 2.28. The van der Waals surface area contributed by atoms with Gasteiger partial charge in [0, 0.05) is 11.1 Å². The summed E-state index contributed by atoms with van der Waals surface area (Å²) in [5.41, 5.74) is 9.23. The molecule has 2 aromatic carbocycles. The van der Waals surface area contributed by atoms with Crippen LogP contribution in [0.15, 0.2) is 69.1 Å². The Kier molecular flexibility index (Phi) is 4.17. The van der Waals surface area contributed by atoms with E-state index in [1.165, 1.54) is 11.1 Å². The van der Waals surface area contributed by atoms with Crippen molar-refractivity contribution in [3.8, 4) is 0 Å². The second-order valence-corrected chi connectivity index (χ2v) is 6.51. The SMILES string of the molecule is CCc1ccc2c(c1)C(c1ccc(C)o1)=NNC(c1ccc(C)cc1)=N2. The third-order valence-corrected chi connectivity index (χ3v) is 4.53. The molecule has 0 aliphatic carbocycles. The molecule has 0 radical (unpaired) electrons. The fourth-order valence-corrected chi connectivity index (χ4v) is 2.99. The predicted molar refractivity (Wildman–Crippen MR) is 105 cm³/mol. The van der Waals surface area contributed by atoms with Crippen LogP contribution in [0.2, 0.25) is 0 Å². The number of benzene rings is 2. The number of hydrazone groups is 1. The average molecular weight is 343 g/mol. The van der Waals surface area contributed by atoms with E-state index in [9.17, 15) is 0 Å². The largest absolute Gasteiger partial charge is 0.460 e. The zero-order chi connectivity index (χ0) is 18.1. The Balaban J connectivity index is 1.86. The number of hydrogen-bond acceptors (Lipinski definition) is 4. The molecular formula is C22H21N3O. The lowest BCUT2D eigenvalue weighted by Crippen LogP contribution is -2.19. The van der Waals surface area contributed by atoms with Crippen molar-refractivity contribution in [1.82, 2.24) is 5.43 Å². The minimum Gasteiger partial charge on any atom is -0.460 e. The molecule has 0 unspecified atom stereocenters. The molecule has 0 spiro atoms. The summed E-state index contributed by atoms with van der Waals surface area (Å²) in [6.45, 7) is 6.15. The van der Waals surface area contributed by atoms with Crippen molar-refractivity contribution in [3.63, 3.8) is 0 Å². The number of fused-ring (bicyclic) bond motifs is 1.